The van der Waals surface area contributed by atoms with Crippen LogP contribution in [0.5, 0.6) is 0 Å². The van der Waals surface area contributed by atoms with Gasteiger partial charge in [0.25, 0.3) is 0 Å². The molecular formula is C22H34N8O8. The van der Waals surface area contributed by atoms with E-state index >= 15 is 0 Å². The van der Waals surface area contributed by atoms with Gasteiger partial charge in [0.05, 0.1) is 25.5 Å². The van der Waals surface area contributed by atoms with E-state index in [1.165, 1.54) is 26.7 Å². The molecular weight excluding hydrogens is 504 g/mol. The second-order valence-corrected chi connectivity index (χ2v) is 9.91. The number of hydrogen-bond donors (Lipinski definition) is 6. The Labute approximate surface area is 218 Å². The molecule has 0 unspecified atom stereocenters. The number of hydrogen-bond acceptors (Lipinski definition) is 12. The largest absolute Gasteiger partial charge is 0.444 e. The SMILES string of the molecule is CN(CC(=O)N[C@@H]1[C@@H](O)[C@H](O)[C@@H](Nc2ncnc3nc[nH]c23)O[C@H]1CO)C(=O)CN(C)C(=O)OC(C)(C)C. The highest BCUT2D eigenvalue weighted by atomic mass is 16.6. The third-order valence-electron chi connectivity index (χ3n) is 5.64. The molecule has 38 heavy (non-hydrogen) atoms. The Hall–Kier alpha value is -3.60. The van der Waals surface area contributed by atoms with Crippen molar-refractivity contribution in [2.45, 2.75) is 57.0 Å². The number of imidazole rings is 1. The Morgan fingerprint density at radius 1 is 1.11 bits per heavy atom. The van der Waals surface area contributed by atoms with Crippen LogP contribution >= 0.6 is 0 Å². The zero-order valence-corrected chi connectivity index (χ0v) is 21.8. The van der Waals surface area contributed by atoms with Crippen molar-refractivity contribution in [3.8, 4) is 0 Å². The summed E-state index contributed by atoms with van der Waals surface area (Å²) in [4.78, 5) is 54.3. The molecule has 0 spiro atoms. The predicted octanol–water partition coefficient (Wildman–Crippen LogP) is -1.99. The first kappa shape index (κ1) is 29.0. The summed E-state index contributed by atoms with van der Waals surface area (Å²) in [7, 11) is 2.76. The molecule has 1 aliphatic rings. The number of H-pyrrole nitrogens is 1. The Bertz CT molecular complexity index is 1140. The number of aromatic nitrogens is 4. The third kappa shape index (κ3) is 7.03. The van der Waals surface area contributed by atoms with Gasteiger partial charge in [-0.2, -0.15) is 0 Å². The van der Waals surface area contributed by atoms with Gasteiger partial charge in [0.15, 0.2) is 17.7 Å². The van der Waals surface area contributed by atoms with E-state index in [4.69, 9.17) is 9.47 Å². The van der Waals surface area contributed by atoms with E-state index in [9.17, 15) is 29.7 Å². The molecule has 16 nitrogen and oxygen atoms in total. The van der Waals surface area contributed by atoms with Gasteiger partial charge in [-0.25, -0.2) is 19.7 Å². The minimum atomic E-state index is -1.54. The van der Waals surface area contributed by atoms with Crippen molar-refractivity contribution in [2.24, 2.45) is 0 Å². The number of aliphatic hydroxyl groups excluding tert-OH is 3. The van der Waals surface area contributed by atoms with Crippen LogP contribution in [0.1, 0.15) is 20.8 Å². The molecule has 1 aliphatic heterocycles. The van der Waals surface area contributed by atoms with E-state index in [1.807, 2.05) is 0 Å². The first-order valence-corrected chi connectivity index (χ1v) is 11.8. The summed E-state index contributed by atoms with van der Waals surface area (Å²) in [6, 6.07) is -1.19. The molecule has 0 saturated carbocycles. The van der Waals surface area contributed by atoms with Crippen LogP contribution in [0.25, 0.3) is 11.2 Å². The summed E-state index contributed by atoms with van der Waals surface area (Å²) in [5.41, 5.74) is 0.0814. The van der Waals surface area contributed by atoms with Gasteiger partial charge in [-0.3, -0.25) is 9.59 Å². The summed E-state index contributed by atoms with van der Waals surface area (Å²) in [6.45, 7) is 3.76. The fraction of sp³-hybridized carbons (Fsp3) is 0.636. The van der Waals surface area contributed by atoms with Crippen LogP contribution in [0.3, 0.4) is 0 Å². The van der Waals surface area contributed by atoms with E-state index in [2.05, 4.69) is 30.6 Å². The Kier molecular flexibility index (Phi) is 9.03. The average Bonchev–Trinajstić information content (AvgIpc) is 3.32. The molecule has 3 heterocycles. The van der Waals surface area contributed by atoms with Crippen LogP contribution in [-0.2, 0) is 19.1 Å². The molecule has 3 amide bonds. The molecule has 0 aromatic carbocycles. The molecule has 3 rings (SSSR count). The standard InChI is InChI=1S/C22H34N8O8/c1-22(2,3)38-21(36)30(5)7-13(33)29(4)6-12(32)27-14-11(8-31)37-20(17(35)16(14)34)28-19-15-18(24-9-23-15)25-10-26-19/h9-11,14,16-17,20,31,34-35H,6-8H2,1-5H3,(H,27,32)(H2,23,24,25,26,28)/t11-,14-,16+,17-,20-/m0/s1. The van der Waals surface area contributed by atoms with Crippen LogP contribution in [0.2, 0.25) is 0 Å². The third-order valence-corrected chi connectivity index (χ3v) is 5.64. The van der Waals surface area contributed by atoms with E-state index < -0.39 is 67.2 Å². The molecule has 16 heteroatoms. The quantitative estimate of drug-likeness (QED) is 0.215. The number of nitrogens with zero attached hydrogens (tertiary/aromatic N) is 5. The van der Waals surface area contributed by atoms with Crippen molar-refractivity contribution >= 4 is 34.9 Å². The number of rotatable bonds is 8. The van der Waals surface area contributed by atoms with Crippen LogP contribution < -0.4 is 10.6 Å². The number of carbonyl (C=O) groups is 3. The number of aliphatic hydroxyl groups is 3. The van der Waals surface area contributed by atoms with Gasteiger partial charge >= 0.3 is 6.09 Å². The molecule has 210 valence electrons. The van der Waals surface area contributed by atoms with Gasteiger partial charge < -0.3 is 50.2 Å². The number of ether oxygens (including phenoxy) is 2. The minimum Gasteiger partial charge on any atom is -0.444 e. The maximum atomic E-state index is 12.7. The molecule has 0 radical (unpaired) electrons. The summed E-state index contributed by atoms with van der Waals surface area (Å²) < 4.78 is 10.9. The number of nitrogens with one attached hydrogen (secondary N) is 3. The van der Waals surface area contributed by atoms with E-state index in [0.717, 1.165) is 9.80 Å². The minimum absolute atomic E-state index is 0.249. The number of carbonyl (C=O) groups excluding carboxylic acids is 3. The van der Waals surface area contributed by atoms with Crippen LogP contribution in [0.4, 0.5) is 10.6 Å². The zero-order valence-electron chi connectivity index (χ0n) is 21.8. The fourth-order valence-electron chi connectivity index (χ4n) is 3.69. The summed E-state index contributed by atoms with van der Waals surface area (Å²) in [5.74, 6) is -0.966. The lowest BCUT2D eigenvalue weighted by Gasteiger charge is -2.42. The summed E-state index contributed by atoms with van der Waals surface area (Å²) in [6.07, 6.45) is -3.38. The van der Waals surface area contributed by atoms with Crippen molar-refractivity contribution in [1.29, 1.82) is 0 Å². The first-order chi connectivity index (χ1) is 17.8. The molecule has 1 saturated heterocycles. The van der Waals surface area contributed by atoms with E-state index in [-0.39, 0.29) is 12.4 Å². The first-order valence-electron chi connectivity index (χ1n) is 11.8. The summed E-state index contributed by atoms with van der Waals surface area (Å²) in [5, 5.41) is 36.6. The van der Waals surface area contributed by atoms with Crippen LogP contribution in [-0.4, -0.2) is 133 Å². The Morgan fingerprint density at radius 2 is 1.82 bits per heavy atom. The average molecular weight is 539 g/mol. The molecule has 2 aromatic rings. The fourth-order valence-corrected chi connectivity index (χ4v) is 3.69. The second-order valence-electron chi connectivity index (χ2n) is 9.91. The number of likely N-dealkylation sites (N-methyl/N-ethyl adjacent to an activating group) is 2. The van der Waals surface area contributed by atoms with Gasteiger partial charge in [-0.15, -0.1) is 0 Å². The predicted molar refractivity (Wildman–Crippen MR) is 131 cm³/mol. The number of fused-ring (bicyclic) bond motifs is 1. The number of amides is 3. The van der Waals surface area contributed by atoms with Crippen LogP contribution in [0.15, 0.2) is 12.7 Å². The lowest BCUT2D eigenvalue weighted by molar-refractivity contribution is -0.185. The Balaban J connectivity index is 1.57. The van der Waals surface area contributed by atoms with Gasteiger partial charge in [-0.1, -0.05) is 0 Å². The normalized spacial score (nSPS) is 23.5. The monoisotopic (exact) mass is 538 g/mol. The highest BCUT2D eigenvalue weighted by molar-refractivity contribution is 5.87. The van der Waals surface area contributed by atoms with E-state index in [0.29, 0.717) is 11.2 Å². The lowest BCUT2D eigenvalue weighted by Crippen LogP contribution is -2.66. The summed E-state index contributed by atoms with van der Waals surface area (Å²) >= 11 is 0. The molecule has 1 fully saturated rings. The maximum absolute atomic E-state index is 12.7. The van der Waals surface area contributed by atoms with Crippen molar-refractivity contribution in [3.05, 3.63) is 12.7 Å². The zero-order chi connectivity index (χ0) is 28.2. The molecule has 5 atom stereocenters. The second kappa shape index (κ2) is 11.8. The topological polar surface area (TPSA) is 215 Å². The van der Waals surface area contributed by atoms with Crippen molar-refractivity contribution in [1.82, 2.24) is 35.1 Å². The maximum Gasteiger partial charge on any atom is 0.410 e. The smallest absolute Gasteiger partial charge is 0.410 e. The Morgan fingerprint density at radius 3 is 2.47 bits per heavy atom. The van der Waals surface area contributed by atoms with E-state index in [1.54, 1.807) is 20.8 Å². The van der Waals surface area contributed by atoms with Crippen molar-refractivity contribution in [2.75, 3.05) is 39.1 Å². The highest BCUT2D eigenvalue weighted by Gasteiger charge is 2.45. The number of aromatic amines is 1. The molecule has 6 N–H and O–H groups in total. The highest BCUT2D eigenvalue weighted by Crippen LogP contribution is 2.24. The van der Waals surface area contributed by atoms with Crippen LogP contribution in [0, 0.1) is 0 Å². The molecule has 2 aromatic heterocycles. The van der Waals surface area contributed by atoms with Gasteiger partial charge in [0.2, 0.25) is 11.8 Å². The molecule has 0 bridgehead atoms. The van der Waals surface area contributed by atoms with Crippen molar-refractivity contribution in [3.63, 3.8) is 0 Å². The lowest BCUT2D eigenvalue weighted by atomic mass is 9.95. The van der Waals surface area contributed by atoms with Gasteiger partial charge in [0, 0.05) is 14.1 Å². The van der Waals surface area contributed by atoms with Crippen molar-refractivity contribution < 1.29 is 39.2 Å². The van der Waals surface area contributed by atoms with Gasteiger partial charge in [0.1, 0.15) is 42.3 Å². The molecule has 0 aliphatic carbocycles. The number of anilines is 1. The van der Waals surface area contributed by atoms with Gasteiger partial charge in [-0.05, 0) is 20.8 Å².